The number of hydrogen-bond donors (Lipinski definition) is 3. The first-order valence-corrected chi connectivity index (χ1v) is 12.5. The van der Waals surface area contributed by atoms with Crippen LogP contribution < -0.4 is 15.4 Å². The lowest BCUT2D eigenvalue weighted by atomic mass is 10.1. The Morgan fingerprint density at radius 1 is 0.967 bits per heavy atom. The Balaban J connectivity index is 2.65. The normalized spacial score (nSPS) is 13.0. The summed E-state index contributed by atoms with van der Waals surface area (Å²) in [6.45, 7) is 17.6. The molecule has 0 bridgehead atoms. The molecule has 0 saturated heterocycles. The first-order valence-electron chi connectivity index (χ1n) is 10.9. The Hall–Kier alpha value is -1.64. The molecule has 3 N–H and O–H groups in total. The van der Waals surface area contributed by atoms with Gasteiger partial charge in [-0.1, -0.05) is 24.3 Å². The zero-order valence-corrected chi connectivity index (χ0v) is 20.5. The number of hydrogen-bond acceptors (Lipinski definition) is 4. The van der Waals surface area contributed by atoms with E-state index < -0.39 is 10.0 Å². The monoisotopic (exact) mass is 439 g/mol. The first kappa shape index (κ1) is 26.4. The van der Waals surface area contributed by atoms with E-state index in [0.717, 1.165) is 36.7 Å². The molecule has 1 aromatic rings. The molecule has 0 saturated carbocycles. The highest BCUT2D eigenvalue weighted by molar-refractivity contribution is 7.88. The van der Waals surface area contributed by atoms with Crippen molar-refractivity contribution in [3.8, 4) is 0 Å². The van der Waals surface area contributed by atoms with Crippen molar-refractivity contribution in [2.45, 2.75) is 78.9 Å². The van der Waals surface area contributed by atoms with Crippen molar-refractivity contribution in [1.29, 1.82) is 0 Å². The van der Waals surface area contributed by atoms with Crippen LogP contribution in [-0.2, 0) is 22.3 Å². The lowest BCUT2D eigenvalue weighted by molar-refractivity contribution is 0.178. The van der Waals surface area contributed by atoms with Gasteiger partial charge in [-0.05, 0) is 59.6 Å². The molecule has 0 unspecified atom stereocenters. The summed E-state index contributed by atoms with van der Waals surface area (Å²) in [6, 6.07) is 8.49. The Bertz CT molecular complexity index is 735. The third-order valence-electron chi connectivity index (χ3n) is 4.55. The Morgan fingerprint density at radius 3 is 2.03 bits per heavy atom. The molecule has 0 amide bonds. The summed E-state index contributed by atoms with van der Waals surface area (Å²) in [5.41, 5.74) is 1.81. The molecule has 0 spiro atoms. The Labute approximate surface area is 183 Å². The van der Waals surface area contributed by atoms with Crippen LogP contribution in [0.4, 0.5) is 0 Å². The van der Waals surface area contributed by atoms with E-state index in [1.165, 1.54) is 0 Å². The van der Waals surface area contributed by atoms with Crippen molar-refractivity contribution in [2.75, 3.05) is 19.6 Å². The van der Waals surface area contributed by atoms with E-state index >= 15 is 0 Å². The quantitative estimate of drug-likeness (QED) is 0.344. The van der Waals surface area contributed by atoms with Gasteiger partial charge in [-0.2, -0.15) is 0 Å². The van der Waals surface area contributed by atoms with Gasteiger partial charge < -0.3 is 10.6 Å². The van der Waals surface area contributed by atoms with Gasteiger partial charge in [-0.15, -0.1) is 0 Å². The lowest BCUT2D eigenvalue weighted by Crippen LogP contribution is -2.45. The summed E-state index contributed by atoms with van der Waals surface area (Å²) in [6.07, 6.45) is 0. The zero-order chi connectivity index (χ0) is 22.7. The second kappa shape index (κ2) is 12.9. The van der Waals surface area contributed by atoms with Crippen LogP contribution in [0.2, 0.25) is 0 Å². The number of aliphatic imine (C=N–C) groups is 1. The third-order valence-corrected chi connectivity index (χ3v) is 6.09. The van der Waals surface area contributed by atoms with Gasteiger partial charge in [0.1, 0.15) is 0 Å². The molecule has 8 heteroatoms. The molecular formula is C22H41N5O2S. The molecule has 0 radical (unpaired) electrons. The molecule has 172 valence electrons. The molecule has 0 heterocycles. The standard InChI is InChI=1S/C22H41N5O2S/c1-8-23-22(24-13-14-27(18(4)5)19(6)7)25-15-20-9-11-21(12-10-20)16-30(28,29)26-17(2)3/h9-12,17-19,26H,8,13-16H2,1-7H3,(H2,23,24,25). The minimum atomic E-state index is -3.31. The number of sulfonamides is 1. The fourth-order valence-electron chi connectivity index (χ4n) is 3.29. The highest BCUT2D eigenvalue weighted by atomic mass is 32.2. The number of nitrogens with one attached hydrogen (secondary N) is 3. The topological polar surface area (TPSA) is 85.8 Å². The zero-order valence-electron chi connectivity index (χ0n) is 19.7. The predicted octanol–water partition coefficient (Wildman–Crippen LogP) is 2.69. The summed E-state index contributed by atoms with van der Waals surface area (Å²) < 4.78 is 26.7. The van der Waals surface area contributed by atoms with Crippen molar-refractivity contribution in [2.24, 2.45) is 4.99 Å². The van der Waals surface area contributed by atoms with E-state index in [0.29, 0.717) is 18.6 Å². The maximum atomic E-state index is 12.1. The van der Waals surface area contributed by atoms with Gasteiger partial charge in [0.05, 0.1) is 12.3 Å². The van der Waals surface area contributed by atoms with Gasteiger partial charge in [-0.3, -0.25) is 4.90 Å². The third kappa shape index (κ3) is 10.4. The lowest BCUT2D eigenvalue weighted by Gasteiger charge is -2.30. The van der Waals surface area contributed by atoms with Gasteiger partial charge in [0.2, 0.25) is 10.0 Å². The molecule has 0 fully saturated rings. The smallest absolute Gasteiger partial charge is 0.216 e. The van der Waals surface area contributed by atoms with Crippen LogP contribution in [0.1, 0.15) is 59.6 Å². The second-order valence-corrected chi connectivity index (χ2v) is 10.1. The van der Waals surface area contributed by atoms with Crippen LogP contribution in [0.3, 0.4) is 0 Å². The summed E-state index contributed by atoms with van der Waals surface area (Å²) in [4.78, 5) is 7.10. The van der Waals surface area contributed by atoms with E-state index in [-0.39, 0.29) is 11.8 Å². The maximum Gasteiger partial charge on any atom is 0.216 e. The van der Waals surface area contributed by atoms with E-state index in [1.807, 2.05) is 45.0 Å². The van der Waals surface area contributed by atoms with Gasteiger partial charge in [0.25, 0.3) is 0 Å². The average molecular weight is 440 g/mol. The highest BCUT2D eigenvalue weighted by Gasteiger charge is 2.13. The van der Waals surface area contributed by atoms with Crippen LogP contribution in [0.5, 0.6) is 0 Å². The minimum absolute atomic E-state index is 0.0128. The molecule has 30 heavy (non-hydrogen) atoms. The number of guanidine groups is 1. The van der Waals surface area contributed by atoms with Crippen LogP contribution >= 0.6 is 0 Å². The van der Waals surface area contributed by atoms with Crippen molar-refractivity contribution in [3.05, 3.63) is 35.4 Å². The van der Waals surface area contributed by atoms with Crippen molar-refractivity contribution in [3.63, 3.8) is 0 Å². The summed E-state index contributed by atoms with van der Waals surface area (Å²) in [5.74, 6) is 0.777. The number of nitrogens with zero attached hydrogens (tertiary/aromatic N) is 2. The molecule has 0 aromatic heterocycles. The van der Waals surface area contributed by atoms with E-state index in [4.69, 9.17) is 0 Å². The van der Waals surface area contributed by atoms with Gasteiger partial charge >= 0.3 is 0 Å². The van der Waals surface area contributed by atoms with Crippen LogP contribution in [0.15, 0.2) is 29.3 Å². The Morgan fingerprint density at radius 2 is 1.53 bits per heavy atom. The maximum absolute atomic E-state index is 12.1. The average Bonchev–Trinajstić information content (AvgIpc) is 2.62. The molecule has 0 atom stereocenters. The van der Waals surface area contributed by atoms with E-state index in [9.17, 15) is 8.42 Å². The van der Waals surface area contributed by atoms with Crippen molar-refractivity contribution >= 4 is 16.0 Å². The molecule has 0 aliphatic heterocycles. The molecule has 0 aliphatic rings. The molecule has 7 nitrogen and oxygen atoms in total. The summed E-state index contributed by atoms with van der Waals surface area (Å²) in [5, 5.41) is 6.68. The second-order valence-electron chi connectivity index (χ2n) is 8.40. The highest BCUT2D eigenvalue weighted by Crippen LogP contribution is 2.09. The summed E-state index contributed by atoms with van der Waals surface area (Å²) in [7, 11) is -3.31. The molecule has 1 aromatic carbocycles. The van der Waals surface area contributed by atoms with Crippen LogP contribution in [-0.4, -0.2) is 57.0 Å². The number of benzene rings is 1. The summed E-state index contributed by atoms with van der Waals surface area (Å²) >= 11 is 0. The fraction of sp³-hybridized carbons (Fsp3) is 0.682. The van der Waals surface area contributed by atoms with Crippen molar-refractivity contribution in [1.82, 2.24) is 20.3 Å². The molecule has 0 aliphatic carbocycles. The van der Waals surface area contributed by atoms with E-state index in [1.54, 1.807) is 0 Å². The van der Waals surface area contributed by atoms with Gasteiger partial charge in [0, 0.05) is 37.8 Å². The largest absolute Gasteiger partial charge is 0.357 e. The fourth-order valence-corrected chi connectivity index (χ4v) is 4.72. The molecule has 1 rings (SSSR count). The SMILES string of the molecule is CCNC(=NCc1ccc(CS(=O)(=O)NC(C)C)cc1)NCCN(C(C)C)C(C)C. The number of rotatable bonds is 12. The first-order chi connectivity index (χ1) is 14.0. The van der Waals surface area contributed by atoms with Crippen LogP contribution in [0.25, 0.3) is 0 Å². The molecular weight excluding hydrogens is 398 g/mol. The Kier molecular flexibility index (Phi) is 11.4. The minimum Gasteiger partial charge on any atom is -0.357 e. The van der Waals surface area contributed by atoms with Crippen molar-refractivity contribution < 1.29 is 8.42 Å². The van der Waals surface area contributed by atoms with E-state index in [2.05, 4.69) is 52.9 Å². The van der Waals surface area contributed by atoms with Gasteiger partial charge in [0.15, 0.2) is 5.96 Å². The predicted molar refractivity (Wildman–Crippen MR) is 127 cm³/mol. The van der Waals surface area contributed by atoms with Crippen LogP contribution in [0, 0.1) is 0 Å². The van der Waals surface area contributed by atoms with Gasteiger partial charge in [-0.25, -0.2) is 18.1 Å².